The van der Waals surface area contributed by atoms with Gasteiger partial charge in [-0.3, -0.25) is 14.4 Å². The topological polar surface area (TPSA) is 72.5 Å². The summed E-state index contributed by atoms with van der Waals surface area (Å²) >= 11 is 1.15. The molecule has 0 fully saturated rings. The van der Waals surface area contributed by atoms with Crippen LogP contribution in [0.2, 0.25) is 0 Å². The molecule has 5 nitrogen and oxygen atoms in total. The fourth-order valence-corrected chi connectivity index (χ4v) is 3.28. The number of ketones is 1. The number of rotatable bonds is 8. The van der Waals surface area contributed by atoms with Gasteiger partial charge in [0.15, 0.2) is 6.61 Å². The van der Waals surface area contributed by atoms with Crippen LogP contribution in [0.1, 0.15) is 32.6 Å². The van der Waals surface area contributed by atoms with Crippen molar-refractivity contribution in [1.29, 1.82) is 0 Å². The maximum Gasteiger partial charge on any atom is 0.316 e. The highest BCUT2D eigenvalue weighted by Gasteiger charge is 2.14. The number of benzene rings is 2. The summed E-state index contributed by atoms with van der Waals surface area (Å²) in [5.41, 5.74) is 5.36. The zero-order valence-corrected chi connectivity index (χ0v) is 17.4. The summed E-state index contributed by atoms with van der Waals surface area (Å²) in [7, 11) is 0. The predicted octanol–water partition coefficient (Wildman–Crippen LogP) is 4.02. The lowest BCUT2D eigenvalue weighted by Gasteiger charge is -2.09. The number of anilines is 1. The van der Waals surface area contributed by atoms with Crippen molar-refractivity contribution in [2.75, 3.05) is 23.4 Å². The quantitative estimate of drug-likeness (QED) is 0.536. The van der Waals surface area contributed by atoms with Gasteiger partial charge >= 0.3 is 5.97 Å². The van der Waals surface area contributed by atoms with E-state index < -0.39 is 5.97 Å². The maximum absolute atomic E-state index is 12.3. The summed E-state index contributed by atoms with van der Waals surface area (Å²) in [4.78, 5) is 36.1. The molecule has 0 aliphatic carbocycles. The van der Waals surface area contributed by atoms with Gasteiger partial charge in [-0.05, 0) is 68.1 Å². The SMILES string of the molecule is Cc1cccc(NC(=O)CSCC(=O)OCC(=O)c2cc(C)c(C)cc2C)c1. The van der Waals surface area contributed by atoms with Crippen LogP contribution < -0.4 is 5.32 Å². The Bertz CT molecular complexity index is 892. The van der Waals surface area contributed by atoms with Crippen molar-refractivity contribution in [1.82, 2.24) is 0 Å². The molecule has 1 N–H and O–H groups in total. The third-order valence-electron chi connectivity index (χ3n) is 4.26. The van der Waals surface area contributed by atoms with E-state index in [-0.39, 0.29) is 29.8 Å². The molecule has 0 unspecified atom stereocenters. The van der Waals surface area contributed by atoms with E-state index >= 15 is 0 Å². The first kappa shape index (κ1) is 21.7. The molecule has 28 heavy (non-hydrogen) atoms. The third-order valence-corrected chi connectivity index (χ3v) is 5.17. The van der Waals surface area contributed by atoms with Crippen molar-refractivity contribution in [3.8, 4) is 0 Å². The van der Waals surface area contributed by atoms with E-state index in [0.29, 0.717) is 5.56 Å². The zero-order chi connectivity index (χ0) is 20.7. The van der Waals surface area contributed by atoms with Gasteiger partial charge in [-0.1, -0.05) is 18.2 Å². The van der Waals surface area contributed by atoms with E-state index in [1.165, 1.54) is 0 Å². The molecule has 2 rings (SSSR count). The minimum Gasteiger partial charge on any atom is -0.457 e. The first-order chi connectivity index (χ1) is 13.3. The number of esters is 1. The number of thioether (sulfide) groups is 1. The number of ether oxygens (including phenoxy) is 1. The number of aryl methyl sites for hydroxylation is 4. The Hall–Kier alpha value is -2.60. The Morgan fingerprint density at radius 1 is 0.929 bits per heavy atom. The van der Waals surface area contributed by atoms with E-state index in [9.17, 15) is 14.4 Å². The Morgan fingerprint density at radius 2 is 1.64 bits per heavy atom. The first-order valence-corrected chi connectivity index (χ1v) is 10.1. The summed E-state index contributed by atoms with van der Waals surface area (Å²) in [5, 5.41) is 2.78. The number of carbonyl (C=O) groups excluding carboxylic acids is 3. The highest BCUT2D eigenvalue weighted by molar-refractivity contribution is 8.00. The third kappa shape index (κ3) is 6.53. The predicted molar refractivity (Wildman–Crippen MR) is 113 cm³/mol. The summed E-state index contributed by atoms with van der Waals surface area (Å²) in [6, 6.07) is 11.3. The van der Waals surface area contributed by atoms with E-state index in [0.717, 1.165) is 39.7 Å². The van der Waals surface area contributed by atoms with Crippen molar-refractivity contribution in [2.45, 2.75) is 27.7 Å². The Labute approximate surface area is 169 Å². The van der Waals surface area contributed by atoms with Crippen LogP contribution in [0.3, 0.4) is 0 Å². The second-order valence-corrected chi connectivity index (χ2v) is 7.73. The average Bonchev–Trinajstić information content (AvgIpc) is 2.62. The van der Waals surface area contributed by atoms with Gasteiger partial charge in [-0.25, -0.2) is 0 Å². The van der Waals surface area contributed by atoms with Gasteiger partial charge in [0.1, 0.15) is 0 Å². The molecule has 0 atom stereocenters. The molecule has 0 radical (unpaired) electrons. The van der Waals surface area contributed by atoms with Crippen LogP contribution in [0.25, 0.3) is 0 Å². The lowest BCUT2D eigenvalue weighted by atomic mass is 9.98. The van der Waals surface area contributed by atoms with Crippen molar-refractivity contribution >= 4 is 35.1 Å². The zero-order valence-electron chi connectivity index (χ0n) is 16.6. The lowest BCUT2D eigenvalue weighted by molar-refractivity contribution is -0.139. The maximum atomic E-state index is 12.3. The number of hydrogen-bond acceptors (Lipinski definition) is 5. The number of amides is 1. The van der Waals surface area contributed by atoms with Gasteiger partial charge in [-0.15, -0.1) is 11.8 Å². The molecule has 0 aliphatic rings. The van der Waals surface area contributed by atoms with Crippen LogP contribution in [-0.4, -0.2) is 35.8 Å². The molecule has 0 saturated carbocycles. The molecule has 0 aliphatic heterocycles. The van der Waals surface area contributed by atoms with Crippen molar-refractivity contribution in [3.05, 3.63) is 64.2 Å². The molecular formula is C22H25NO4S. The molecule has 148 valence electrons. The van der Waals surface area contributed by atoms with Gasteiger partial charge < -0.3 is 10.1 Å². The number of nitrogens with one attached hydrogen (secondary N) is 1. The van der Waals surface area contributed by atoms with Crippen LogP contribution >= 0.6 is 11.8 Å². The number of carbonyl (C=O) groups is 3. The highest BCUT2D eigenvalue weighted by atomic mass is 32.2. The largest absolute Gasteiger partial charge is 0.457 e. The van der Waals surface area contributed by atoms with Crippen LogP contribution in [0, 0.1) is 27.7 Å². The van der Waals surface area contributed by atoms with Crippen molar-refractivity contribution in [2.24, 2.45) is 0 Å². The Balaban J connectivity index is 1.73. The summed E-state index contributed by atoms with van der Waals surface area (Å²) in [5.74, 6) is -0.780. The van der Waals surface area contributed by atoms with Gasteiger partial charge in [0.05, 0.1) is 11.5 Å². The second kappa shape index (κ2) is 10.1. The second-order valence-electron chi connectivity index (χ2n) is 6.75. The van der Waals surface area contributed by atoms with Crippen molar-refractivity contribution < 1.29 is 19.1 Å². The van der Waals surface area contributed by atoms with E-state index in [1.807, 2.05) is 64.1 Å². The highest BCUT2D eigenvalue weighted by Crippen LogP contribution is 2.16. The monoisotopic (exact) mass is 399 g/mol. The normalized spacial score (nSPS) is 10.4. The molecule has 0 saturated heterocycles. The number of Topliss-reactive ketones (excluding diaryl/α,β-unsaturated/α-hetero) is 1. The molecule has 2 aromatic rings. The fraction of sp³-hybridized carbons (Fsp3) is 0.318. The smallest absolute Gasteiger partial charge is 0.316 e. The molecule has 0 heterocycles. The van der Waals surface area contributed by atoms with E-state index in [1.54, 1.807) is 0 Å². The Morgan fingerprint density at radius 3 is 2.36 bits per heavy atom. The molecule has 1 amide bonds. The molecular weight excluding hydrogens is 374 g/mol. The van der Waals surface area contributed by atoms with Crippen molar-refractivity contribution in [3.63, 3.8) is 0 Å². The summed E-state index contributed by atoms with van der Waals surface area (Å²) in [6.45, 7) is 7.45. The van der Waals surface area contributed by atoms with E-state index in [4.69, 9.17) is 4.74 Å². The molecule has 6 heteroatoms. The summed E-state index contributed by atoms with van der Waals surface area (Å²) in [6.07, 6.45) is 0. The van der Waals surface area contributed by atoms with Crippen LogP contribution in [0.15, 0.2) is 36.4 Å². The minimum atomic E-state index is -0.511. The van der Waals surface area contributed by atoms with Gasteiger partial charge in [0.25, 0.3) is 0 Å². The lowest BCUT2D eigenvalue weighted by Crippen LogP contribution is -2.19. The van der Waals surface area contributed by atoms with Crippen LogP contribution in [-0.2, 0) is 14.3 Å². The van der Waals surface area contributed by atoms with Gasteiger partial charge in [-0.2, -0.15) is 0 Å². The number of hydrogen-bond donors (Lipinski definition) is 1. The van der Waals surface area contributed by atoms with Crippen LogP contribution in [0.4, 0.5) is 5.69 Å². The molecule has 0 spiro atoms. The molecule has 2 aromatic carbocycles. The standard InChI is InChI=1S/C22H25NO4S/c1-14-6-5-7-18(8-14)23-21(25)12-28-13-22(26)27-11-20(24)19-10-16(3)15(2)9-17(19)4/h5-10H,11-13H2,1-4H3,(H,23,25). The fourth-order valence-electron chi connectivity index (χ4n) is 2.67. The average molecular weight is 400 g/mol. The Kier molecular flexibility index (Phi) is 7.81. The van der Waals surface area contributed by atoms with Gasteiger partial charge in [0, 0.05) is 11.3 Å². The molecule has 0 aromatic heterocycles. The van der Waals surface area contributed by atoms with E-state index in [2.05, 4.69) is 5.32 Å². The van der Waals surface area contributed by atoms with Crippen LogP contribution in [0.5, 0.6) is 0 Å². The summed E-state index contributed by atoms with van der Waals surface area (Å²) < 4.78 is 5.06. The molecule has 0 bridgehead atoms. The minimum absolute atomic E-state index is 0.0143. The van der Waals surface area contributed by atoms with Gasteiger partial charge in [0.2, 0.25) is 11.7 Å². The first-order valence-electron chi connectivity index (χ1n) is 8.97.